The van der Waals surface area contributed by atoms with E-state index in [-0.39, 0.29) is 0 Å². The molecule has 292 valence electrons. The molecule has 0 aliphatic rings. The number of furan rings is 2. The van der Waals surface area contributed by atoms with Gasteiger partial charge in [-0.05, 0) is 117 Å². The zero-order valence-electron chi connectivity index (χ0n) is 33.7. The van der Waals surface area contributed by atoms with Crippen molar-refractivity contribution >= 4 is 87.4 Å². The molecule has 0 unspecified atom stereocenters. The number of hydrogen-bond donors (Lipinski definition) is 0. The third-order valence-corrected chi connectivity index (χ3v) is 13.0. The molecule has 14 aromatic rings. The number of benzene rings is 10. The van der Waals surface area contributed by atoms with Gasteiger partial charge in [0.1, 0.15) is 28.0 Å². The van der Waals surface area contributed by atoms with Crippen LogP contribution in [0.4, 0.5) is 0 Å². The van der Waals surface area contributed by atoms with Crippen molar-refractivity contribution in [2.24, 2.45) is 0 Å². The molecular formula is C58H33N3O2. The maximum absolute atomic E-state index is 6.39. The van der Waals surface area contributed by atoms with Gasteiger partial charge in [0.2, 0.25) is 0 Å². The highest BCUT2D eigenvalue weighted by Crippen LogP contribution is 2.44. The summed E-state index contributed by atoms with van der Waals surface area (Å²) in [6.07, 6.45) is 0. The average molecular weight is 804 g/mol. The third kappa shape index (κ3) is 5.05. The summed E-state index contributed by atoms with van der Waals surface area (Å²) in [5.74, 6) is 0.656. The van der Waals surface area contributed by atoms with Crippen molar-refractivity contribution in [2.45, 2.75) is 0 Å². The van der Waals surface area contributed by atoms with Crippen molar-refractivity contribution < 1.29 is 8.83 Å². The highest BCUT2D eigenvalue weighted by atomic mass is 16.3. The molecule has 0 radical (unpaired) electrons. The van der Waals surface area contributed by atoms with E-state index in [0.29, 0.717) is 11.4 Å². The Bertz CT molecular complexity index is 4140. The van der Waals surface area contributed by atoms with E-state index in [1.54, 1.807) is 0 Å². The van der Waals surface area contributed by atoms with E-state index in [9.17, 15) is 0 Å². The normalized spacial score (nSPS) is 12.1. The Balaban J connectivity index is 0.943. The Morgan fingerprint density at radius 2 is 0.873 bits per heavy atom. The lowest BCUT2D eigenvalue weighted by atomic mass is 9.92. The summed E-state index contributed by atoms with van der Waals surface area (Å²) in [6.45, 7) is 0. The van der Waals surface area contributed by atoms with Crippen LogP contribution in [-0.2, 0) is 0 Å². The fraction of sp³-hybridized carbons (Fsp3) is 0. The number of para-hydroxylation sites is 2. The van der Waals surface area contributed by atoms with Crippen LogP contribution in [0.25, 0.3) is 138 Å². The van der Waals surface area contributed by atoms with Gasteiger partial charge in [-0.1, -0.05) is 127 Å². The van der Waals surface area contributed by atoms with Crippen LogP contribution in [0.5, 0.6) is 0 Å². The lowest BCUT2D eigenvalue weighted by Gasteiger charge is -2.11. The molecule has 0 spiro atoms. The first-order valence-corrected chi connectivity index (χ1v) is 21.3. The van der Waals surface area contributed by atoms with Crippen molar-refractivity contribution in [2.75, 3.05) is 0 Å². The second kappa shape index (κ2) is 13.0. The molecule has 4 heterocycles. The summed E-state index contributed by atoms with van der Waals surface area (Å²) in [4.78, 5) is 10.3. The van der Waals surface area contributed by atoms with Crippen molar-refractivity contribution in [3.05, 3.63) is 200 Å². The van der Waals surface area contributed by atoms with E-state index in [1.807, 2.05) is 36.4 Å². The predicted molar refractivity (Wildman–Crippen MR) is 259 cm³/mol. The molecule has 0 saturated carbocycles. The molecule has 0 saturated heterocycles. The van der Waals surface area contributed by atoms with E-state index < -0.39 is 0 Å². The number of nitrogens with zero attached hydrogens (tertiary/aromatic N) is 3. The number of hydrogen-bond acceptors (Lipinski definition) is 4. The molecule has 0 atom stereocenters. The van der Waals surface area contributed by atoms with Crippen LogP contribution in [0.15, 0.2) is 209 Å². The molecule has 5 nitrogen and oxygen atoms in total. The molecule has 14 rings (SSSR count). The highest BCUT2D eigenvalue weighted by Gasteiger charge is 2.21. The van der Waals surface area contributed by atoms with Gasteiger partial charge in [0.15, 0.2) is 11.4 Å². The molecule has 63 heavy (non-hydrogen) atoms. The lowest BCUT2D eigenvalue weighted by Crippen LogP contribution is -1.94. The van der Waals surface area contributed by atoms with Gasteiger partial charge < -0.3 is 13.4 Å². The van der Waals surface area contributed by atoms with Crippen LogP contribution < -0.4 is 0 Å². The summed E-state index contributed by atoms with van der Waals surface area (Å²) < 4.78 is 15.1. The van der Waals surface area contributed by atoms with Gasteiger partial charge in [0, 0.05) is 43.7 Å². The predicted octanol–water partition coefficient (Wildman–Crippen LogP) is 15.8. The second-order valence-corrected chi connectivity index (χ2v) is 16.5. The molecule has 0 aliphatic heterocycles. The molecule has 0 bridgehead atoms. The molecular weight excluding hydrogens is 771 g/mol. The van der Waals surface area contributed by atoms with Crippen LogP contribution in [-0.4, -0.2) is 14.5 Å². The van der Waals surface area contributed by atoms with Gasteiger partial charge in [0.25, 0.3) is 0 Å². The van der Waals surface area contributed by atoms with Gasteiger partial charge in [-0.3, -0.25) is 0 Å². The van der Waals surface area contributed by atoms with Crippen LogP contribution in [0.3, 0.4) is 0 Å². The van der Waals surface area contributed by atoms with Crippen LogP contribution in [0.2, 0.25) is 0 Å². The van der Waals surface area contributed by atoms with Crippen molar-refractivity contribution in [1.82, 2.24) is 14.5 Å². The van der Waals surface area contributed by atoms with Crippen molar-refractivity contribution in [3.8, 4) is 50.6 Å². The summed E-state index contributed by atoms with van der Waals surface area (Å²) in [5.41, 5.74) is 14.9. The minimum Gasteiger partial charge on any atom is -0.456 e. The summed E-state index contributed by atoms with van der Waals surface area (Å²) in [5, 5.41) is 10.7. The maximum atomic E-state index is 6.39. The Kier molecular flexibility index (Phi) is 7.05. The SMILES string of the molecule is c1ccc(-c2nc(-c3cccc(-c4ccc5c(c4)c4cc(-c6ccc7c(c6)c6cccc8oc9cccc7c9c86)ccc4n5-c4ccccc4)c3)nc3c2oc2ccccc23)cc1. The van der Waals surface area contributed by atoms with Gasteiger partial charge in [-0.25, -0.2) is 9.97 Å². The minimum absolute atomic E-state index is 0.656. The quantitative estimate of drug-likeness (QED) is 0.163. The Labute approximate surface area is 360 Å². The smallest absolute Gasteiger partial charge is 0.180 e. The number of aromatic nitrogens is 3. The topological polar surface area (TPSA) is 57.0 Å². The summed E-state index contributed by atoms with van der Waals surface area (Å²) in [7, 11) is 0. The molecule has 5 heteroatoms. The summed E-state index contributed by atoms with van der Waals surface area (Å²) >= 11 is 0. The third-order valence-electron chi connectivity index (χ3n) is 13.0. The molecule has 4 aromatic heterocycles. The van der Waals surface area contributed by atoms with E-state index in [0.717, 1.165) is 72.3 Å². The summed E-state index contributed by atoms with van der Waals surface area (Å²) in [6, 6.07) is 71.0. The molecule has 0 fully saturated rings. The van der Waals surface area contributed by atoms with Gasteiger partial charge in [-0.2, -0.15) is 0 Å². The standard InChI is InChI=1S/C58H33N3O2/c1-3-12-34(13-4-1)55-57-56(44-18-7-8-21-50(44)63-57)60-58(59-55)39-15-9-14-35(30-39)37-25-28-48-46(32-37)47-33-38(26-29-49(47)61(48)40-16-5-2-6-17-40)36-24-27-41-42-19-10-22-51-53(42)54-43(45(41)31-36)20-11-23-52(54)62-51/h1-33H. The van der Waals surface area contributed by atoms with Crippen molar-refractivity contribution in [3.63, 3.8) is 0 Å². The maximum Gasteiger partial charge on any atom is 0.180 e. The molecule has 10 aromatic carbocycles. The van der Waals surface area contributed by atoms with Crippen LogP contribution in [0, 0.1) is 0 Å². The largest absolute Gasteiger partial charge is 0.456 e. The van der Waals surface area contributed by atoms with E-state index in [2.05, 4.69) is 168 Å². The van der Waals surface area contributed by atoms with E-state index in [1.165, 1.54) is 54.2 Å². The van der Waals surface area contributed by atoms with Crippen LogP contribution >= 0.6 is 0 Å². The Hall–Kier alpha value is -8.54. The van der Waals surface area contributed by atoms with Crippen LogP contribution in [0.1, 0.15) is 0 Å². The molecule has 0 N–H and O–H groups in total. The van der Waals surface area contributed by atoms with E-state index >= 15 is 0 Å². The van der Waals surface area contributed by atoms with Gasteiger partial charge in [-0.15, -0.1) is 0 Å². The highest BCUT2D eigenvalue weighted by molar-refractivity contribution is 6.33. The Morgan fingerprint density at radius 3 is 1.60 bits per heavy atom. The number of fused-ring (bicyclic) bond motifs is 9. The average Bonchev–Trinajstić information content (AvgIpc) is 4.03. The minimum atomic E-state index is 0.656. The van der Waals surface area contributed by atoms with Gasteiger partial charge in [0.05, 0.1) is 11.0 Å². The zero-order valence-corrected chi connectivity index (χ0v) is 33.7. The molecule has 0 aliphatic carbocycles. The first-order valence-electron chi connectivity index (χ1n) is 21.3. The lowest BCUT2D eigenvalue weighted by molar-refractivity contribution is 0.667. The van der Waals surface area contributed by atoms with Crippen molar-refractivity contribution in [1.29, 1.82) is 0 Å². The fourth-order valence-electron chi connectivity index (χ4n) is 10.1. The zero-order chi connectivity index (χ0) is 41.2. The first kappa shape index (κ1) is 34.2. The van der Waals surface area contributed by atoms with E-state index in [4.69, 9.17) is 18.8 Å². The second-order valence-electron chi connectivity index (χ2n) is 16.5. The first-order chi connectivity index (χ1) is 31.2. The molecule has 0 amide bonds. The Morgan fingerprint density at radius 1 is 0.333 bits per heavy atom. The fourth-order valence-corrected chi connectivity index (χ4v) is 10.1. The monoisotopic (exact) mass is 803 g/mol. The number of rotatable bonds is 5. The van der Waals surface area contributed by atoms with Gasteiger partial charge >= 0.3 is 0 Å².